The summed E-state index contributed by atoms with van der Waals surface area (Å²) in [7, 11) is 0. The summed E-state index contributed by atoms with van der Waals surface area (Å²) >= 11 is 0. The molecule has 132 valence electrons. The monoisotopic (exact) mass is 340 g/mol. The molecule has 1 fully saturated rings. The molecule has 1 aromatic carbocycles. The summed E-state index contributed by atoms with van der Waals surface area (Å²) < 4.78 is 5.37. The van der Waals surface area contributed by atoms with Crippen LogP contribution in [0.15, 0.2) is 22.7 Å². The van der Waals surface area contributed by atoms with Gasteiger partial charge in [0.1, 0.15) is 0 Å². The van der Waals surface area contributed by atoms with Crippen molar-refractivity contribution in [3.8, 4) is 0 Å². The van der Waals surface area contributed by atoms with Gasteiger partial charge in [-0.15, -0.1) is 0 Å². The summed E-state index contributed by atoms with van der Waals surface area (Å²) in [6.07, 6.45) is 4.51. The van der Waals surface area contributed by atoms with E-state index in [2.05, 4.69) is 28.4 Å². The van der Waals surface area contributed by atoms with E-state index in [4.69, 9.17) is 4.52 Å². The minimum absolute atomic E-state index is 0.00905. The number of amides is 2. The minimum atomic E-state index is 0.00905. The Hall–Kier alpha value is -2.37. The van der Waals surface area contributed by atoms with Gasteiger partial charge in [-0.2, -0.15) is 4.98 Å². The molecule has 1 aromatic heterocycles. The summed E-state index contributed by atoms with van der Waals surface area (Å²) in [5.74, 6) is 1.73. The molecule has 6 heteroatoms. The summed E-state index contributed by atoms with van der Waals surface area (Å²) in [5, 5.41) is 7.18. The molecule has 1 aliphatic carbocycles. The van der Waals surface area contributed by atoms with E-state index in [1.165, 1.54) is 11.1 Å². The molecule has 4 rings (SSSR count). The number of hydrogen-bond donors (Lipinski definition) is 1. The standard InChI is InChI=1S/C19H24N4O2/c1-3-17-21-18(25-22-17)13-7-8-14(11-13)20-19(24)23-10-9-15-12(2)5-4-6-16(15)23/h4-6,13-14H,3,7-11H2,1-2H3,(H,20,24). The Labute approximate surface area is 147 Å². The molecule has 2 amide bonds. The molecule has 1 N–H and O–H groups in total. The van der Waals surface area contributed by atoms with Crippen LogP contribution in [0.25, 0.3) is 0 Å². The van der Waals surface area contributed by atoms with Crippen LogP contribution < -0.4 is 10.2 Å². The van der Waals surface area contributed by atoms with Gasteiger partial charge in [-0.05, 0) is 49.8 Å². The molecule has 2 atom stereocenters. The lowest BCUT2D eigenvalue weighted by Gasteiger charge is -2.21. The number of benzene rings is 1. The van der Waals surface area contributed by atoms with Crippen LogP contribution >= 0.6 is 0 Å². The average molecular weight is 340 g/mol. The fourth-order valence-electron chi connectivity index (χ4n) is 3.99. The number of anilines is 1. The summed E-state index contributed by atoms with van der Waals surface area (Å²) in [4.78, 5) is 19.0. The largest absolute Gasteiger partial charge is 0.339 e. The van der Waals surface area contributed by atoms with E-state index >= 15 is 0 Å². The van der Waals surface area contributed by atoms with Crippen LogP contribution in [0.1, 0.15) is 54.9 Å². The van der Waals surface area contributed by atoms with Crippen molar-refractivity contribution < 1.29 is 9.32 Å². The maximum absolute atomic E-state index is 12.7. The highest BCUT2D eigenvalue weighted by Crippen LogP contribution is 2.34. The number of rotatable bonds is 3. The number of aryl methyl sites for hydroxylation is 2. The Morgan fingerprint density at radius 3 is 3.08 bits per heavy atom. The van der Waals surface area contributed by atoms with Crippen molar-refractivity contribution in [2.24, 2.45) is 0 Å². The number of nitrogens with zero attached hydrogens (tertiary/aromatic N) is 3. The Kier molecular flexibility index (Phi) is 4.19. The van der Waals surface area contributed by atoms with Crippen LogP contribution in [0.4, 0.5) is 10.5 Å². The number of carbonyl (C=O) groups excluding carboxylic acids is 1. The van der Waals surface area contributed by atoms with Gasteiger partial charge in [-0.1, -0.05) is 24.2 Å². The van der Waals surface area contributed by atoms with Gasteiger partial charge in [-0.25, -0.2) is 4.79 Å². The molecule has 2 aliphatic rings. The SMILES string of the molecule is CCc1noc(C2CCC(NC(=O)N3CCc4c(C)cccc43)C2)n1. The van der Waals surface area contributed by atoms with Crippen molar-refractivity contribution in [2.45, 2.75) is 57.9 Å². The van der Waals surface area contributed by atoms with E-state index < -0.39 is 0 Å². The lowest BCUT2D eigenvalue weighted by atomic mass is 10.1. The molecular weight excluding hydrogens is 316 g/mol. The Morgan fingerprint density at radius 1 is 1.40 bits per heavy atom. The lowest BCUT2D eigenvalue weighted by molar-refractivity contribution is 0.243. The first-order chi connectivity index (χ1) is 12.2. The number of urea groups is 1. The van der Waals surface area contributed by atoms with Gasteiger partial charge in [0.2, 0.25) is 5.89 Å². The third-order valence-electron chi connectivity index (χ3n) is 5.42. The summed E-state index contributed by atoms with van der Waals surface area (Å²) in [5.41, 5.74) is 3.60. The molecule has 0 bridgehead atoms. The zero-order chi connectivity index (χ0) is 17.4. The van der Waals surface area contributed by atoms with Crippen molar-refractivity contribution >= 4 is 11.7 Å². The predicted molar refractivity (Wildman–Crippen MR) is 94.8 cm³/mol. The van der Waals surface area contributed by atoms with Crippen LogP contribution in [0.5, 0.6) is 0 Å². The third-order valence-corrected chi connectivity index (χ3v) is 5.42. The van der Waals surface area contributed by atoms with Gasteiger partial charge in [0.25, 0.3) is 0 Å². The minimum Gasteiger partial charge on any atom is -0.339 e. The second-order valence-electron chi connectivity index (χ2n) is 7.03. The average Bonchev–Trinajstić information content (AvgIpc) is 3.33. The van der Waals surface area contributed by atoms with Crippen molar-refractivity contribution in [1.29, 1.82) is 0 Å². The second-order valence-corrected chi connectivity index (χ2v) is 7.03. The molecule has 6 nitrogen and oxygen atoms in total. The highest BCUT2D eigenvalue weighted by molar-refractivity contribution is 5.94. The topological polar surface area (TPSA) is 71.3 Å². The molecule has 2 unspecified atom stereocenters. The van der Waals surface area contributed by atoms with E-state index in [-0.39, 0.29) is 18.0 Å². The number of carbonyl (C=O) groups is 1. The molecule has 25 heavy (non-hydrogen) atoms. The van der Waals surface area contributed by atoms with Crippen LogP contribution in [-0.4, -0.2) is 28.8 Å². The molecule has 1 aliphatic heterocycles. The van der Waals surface area contributed by atoms with E-state index in [0.29, 0.717) is 0 Å². The lowest BCUT2D eigenvalue weighted by Crippen LogP contribution is -2.43. The molecule has 2 aromatic rings. The highest BCUT2D eigenvalue weighted by Gasteiger charge is 2.33. The number of aromatic nitrogens is 2. The Morgan fingerprint density at radius 2 is 2.28 bits per heavy atom. The van der Waals surface area contributed by atoms with Gasteiger partial charge >= 0.3 is 6.03 Å². The zero-order valence-electron chi connectivity index (χ0n) is 14.8. The number of fused-ring (bicyclic) bond motifs is 1. The fourth-order valence-corrected chi connectivity index (χ4v) is 3.99. The van der Waals surface area contributed by atoms with Crippen molar-refractivity contribution in [3.63, 3.8) is 0 Å². The molecular formula is C19H24N4O2. The van der Waals surface area contributed by atoms with Crippen molar-refractivity contribution in [1.82, 2.24) is 15.5 Å². The van der Waals surface area contributed by atoms with E-state index in [1.54, 1.807) is 0 Å². The molecule has 1 saturated carbocycles. The van der Waals surface area contributed by atoms with Crippen LogP contribution in [0.2, 0.25) is 0 Å². The Balaban J connectivity index is 1.39. The Bertz CT molecular complexity index is 785. The van der Waals surface area contributed by atoms with Gasteiger partial charge in [-0.3, -0.25) is 4.90 Å². The van der Waals surface area contributed by atoms with Gasteiger partial charge in [0.05, 0.1) is 0 Å². The van der Waals surface area contributed by atoms with E-state index in [0.717, 1.165) is 56.1 Å². The van der Waals surface area contributed by atoms with Gasteiger partial charge in [0, 0.05) is 30.6 Å². The maximum atomic E-state index is 12.7. The van der Waals surface area contributed by atoms with Crippen molar-refractivity contribution in [3.05, 3.63) is 41.0 Å². The molecule has 0 radical (unpaired) electrons. The highest BCUT2D eigenvalue weighted by atomic mass is 16.5. The molecule has 0 spiro atoms. The van der Waals surface area contributed by atoms with E-state index in [1.807, 2.05) is 24.0 Å². The predicted octanol–water partition coefficient (Wildman–Crippen LogP) is 3.35. The molecule has 2 heterocycles. The van der Waals surface area contributed by atoms with Crippen LogP contribution in [-0.2, 0) is 12.8 Å². The first-order valence-electron chi connectivity index (χ1n) is 9.14. The van der Waals surface area contributed by atoms with Gasteiger partial charge in [0.15, 0.2) is 5.82 Å². The molecule has 0 saturated heterocycles. The maximum Gasteiger partial charge on any atom is 0.322 e. The second kappa shape index (κ2) is 6.50. The fraction of sp³-hybridized carbons (Fsp3) is 0.526. The van der Waals surface area contributed by atoms with E-state index in [9.17, 15) is 4.79 Å². The summed E-state index contributed by atoms with van der Waals surface area (Å²) in [6.45, 7) is 4.88. The van der Waals surface area contributed by atoms with Crippen LogP contribution in [0.3, 0.4) is 0 Å². The first kappa shape index (κ1) is 16.1. The van der Waals surface area contributed by atoms with Gasteiger partial charge < -0.3 is 9.84 Å². The summed E-state index contributed by atoms with van der Waals surface area (Å²) in [6, 6.07) is 6.35. The van der Waals surface area contributed by atoms with Crippen molar-refractivity contribution in [2.75, 3.05) is 11.4 Å². The third kappa shape index (κ3) is 3.01. The smallest absolute Gasteiger partial charge is 0.322 e. The number of hydrogen-bond acceptors (Lipinski definition) is 4. The normalized spacial score (nSPS) is 22.2. The quantitative estimate of drug-likeness (QED) is 0.930. The zero-order valence-corrected chi connectivity index (χ0v) is 14.8. The van der Waals surface area contributed by atoms with Crippen LogP contribution in [0, 0.1) is 6.92 Å². The number of nitrogens with one attached hydrogen (secondary N) is 1. The first-order valence-corrected chi connectivity index (χ1v) is 9.14.